The molecule has 0 aliphatic carbocycles. The van der Waals surface area contributed by atoms with Crippen molar-refractivity contribution in [3.63, 3.8) is 0 Å². The zero-order chi connectivity index (χ0) is 12.5. The van der Waals surface area contributed by atoms with Gasteiger partial charge in [0.15, 0.2) is 5.96 Å². The minimum Gasteiger partial charge on any atom is -0.395 e. The van der Waals surface area contributed by atoms with Crippen LogP contribution in [0.25, 0.3) is 0 Å². The van der Waals surface area contributed by atoms with E-state index < -0.39 is 0 Å². The largest absolute Gasteiger partial charge is 0.395 e. The fraction of sp³-hybridized carbons (Fsp3) is 0.417. The van der Waals surface area contributed by atoms with E-state index in [4.69, 9.17) is 16.7 Å². The second kappa shape index (κ2) is 7.92. The molecule has 0 aromatic heterocycles. The maximum Gasteiger partial charge on any atom is 0.191 e. The van der Waals surface area contributed by atoms with E-state index in [0.29, 0.717) is 24.1 Å². The highest BCUT2D eigenvalue weighted by Gasteiger charge is 1.97. The summed E-state index contributed by atoms with van der Waals surface area (Å²) in [5, 5.41) is 15.6. The number of nitrogens with one attached hydrogen (secondary N) is 2. The van der Waals surface area contributed by atoms with Gasteiger partial charge in [-0.15, -0.1) is 0 Å². The molecule has 0 aliphatic rings. The molecule has 0 spiro atoms. The summed E-state index contributed by atoms with van der Waals surface area (Å²) >= 11 is 5.89. The van der Waals surface area contributed by atoms with Crippen LogP contribution in [0.4, 0.5) is 0 Å². The number of rotatable bonds is 5. The molecule has 0 radical (unpaired) electrons. The van der Waals surface area contributed by atoms with Crippen LogP contribution in [0.15, 0.2) is 29.3 Å². The van der Waals surface area contributed by atoms with Gasteiger partial charge in [0.25, 0.3) is 0 Å². The first-order valence-electron chi connectivity index (χ1n) is 5.63. The van der Waals surface area contributed by atoms with Crippen LogP contribution in [0.1, 0.15) is 12.5 Å². The van der Waals surface area contributed by atoms with Crippen molar-refractivity contribution in [2.24, 2.45) is 4.99 Å². The number of nitrogens with zero attached hydrogens (tertiary/aromatic N) is 1. The van der Waals surface area contributed by atoms with Crippen molar-refractivity contribution in [2.45, 2.75) is 13.5 Å². The van der Waals surface area contributed by atoms with Gasteiger partial charge < -0.3 is 15.7 Å². The number of halogens is 1. The van der Waals surface area contributed by atoms with Crippen LogP contribution in [0.5, 0.6) is 0 Å². The fourth-order valence-electron chi connectivity index (χ4n) is 1.32. The van der Waals surface area contributed by atoms with Gasteiger partial charge in [0.05, 0.1) is 13.2 Å². The van der Waals surface area contributed by atoms with E-state index in [1.54, 1.807) is 0 Å². The van der Waals surface area contributed by atoms with E-state index in [-0.39, 0.29) is 6.61 Å². The van der Waals surface area contributed by atoms with E-state index in [0.717, 1.165) is 12.1 Å². The maximum absolute atomic E-state index is 8.74. The number of aliphatic imine (C=N–C) groups is 1. The molecule has 0 saturated carbocycles. The van der Waals surface area contributed by atoms with Crippen molar-refractivity contribution < 1.29 is 5.11 Å². The summed E-state index contributed by atoms with van der Waals surface area (Å²) in [6.45, 7) is 3.91. The summed E-state index contributed by atoms with van der Waals surface area (Å²) in [5.74, 6) is 0.696. The molecule has 3 N–H and O–H groups in total. The molecule has 0 amide bonds. The number of aliphatic hydroxyl groups excluding tert-OH is 1. The van der Waals surface area contributed by atoms with Crippen LogP contribution in [-0.4, -0.2) is 30.8 Å². The first kappa shape index (κ1) is 13.8. The van der Waals surface area contributed by atoms with Gasteiger partial charge in [-0.1, -0.05) is 23.7 Å². The van der Waals surface area contributed by atoms with Crippen molar-refractivity contribution in [2.75, 3.05) is 19.7 Å². The molecule has 0 heterocycles. The second-order valence-electron chi connectivity index (χ2n) is 3.48. The number of hydrogen-bond acceptors (Lipinski definition) is 2. The molecule has 17 heavy (non-hydrogen) atoms. The summed E-state index contributed by atoms with van der Waals surface area (Å²) in [6, 6.07) is 7.61. The molecular weight excluding hydrogens is 238 g/mol. The third-order valence-electron chi connectivity index (χ3n) is 2.06. The van der Waals surface area contributed by atoms with Crippen LogP contribution in [-0.2, 0) is 6.54 Å². The summed E-state index contributed by atoms with van der Waals surface area (Å²) in [6.07, 6.45) is 0. The number of hydrogen-bond donors (Lipinski definition) is 3. The third kappa shape index (κ3) is 5.56. The van der Waals surface area contributed by atoms with Gasteiger partial charge in [0, 0.05) is 18.1 Å². The van der Waals surface area contributed by atoms with Crippen LogP contribution in [0, 0.1) is 0 Å². The summed E-state index contributed by atoms with van der Waals surface area (Å²) in [4.78, 5) is 4.39. The van der Waals surface area contributed by atoms with E-state index in [1.165, 1.54) is 0 Å². The Morgan fingerprint density at radius 3 is 2.88 bits per heavy atom. The topological polar surface area (TPSA) is 56.7 Å². The van der Waals surface area contributed by atoms with Gasteiger partial charge in [-0.05, 0) is 24.6 Å². The molecule has 1 rings (SSSR count). The number of aliphatic hydroxyl groups is 1. The predicted octanol–water partition coefficient (Wildman–Crippen LogP) is 1.39. The molecule has 1 aromatic rings. The Hall–Kier alpha value is -1.26. The highest BCUT2D eigenvalue weighted by atomic mass is 35.5. The average Bonchev–Trinajstić information content (AvgIpc) is 2.33. The minimum atomic E-state index is 0.0849. The van der Waals surface area contributed by atoms with Crippen LogP contribution in [0.3, 0.4) is 0 Å². The lowest BCUT2D eigenvalue weighted by Crippen LogP contribution is -2.38. The van der Waals surface area contributed by atoms with Crippen LogP contribution >= 0.6 is 11.6 Å². The highest BCUT2D eigenvalue weighted by molar-refractivity contribution is 6.30. The van der Waals surface area contributed by atoms with Crippen molar-refractivity contribution in [3.8, 4) is 0 Å². The fourth-order valence-corrected chi connectivity index (χ4v) is 1.53. The van der Waals surface area contributed by atoms with Crippen LogP contribution < -0.4 is 10.6 Å². The van der Waals surface area contributed by atoms with Crippen molar-refractivity contribution in [1.82, 2.24) is 10.6 Å². The predicted molar refractivity (Wildman–Crippen MR) is 71.4 cm³/mol. The van der Waals surface area contributed by atoms with Gasteiger partial charge in [-0.25, -0.2) is 4.99 Å². The van der Waals surface area contributed by atoms with Gasteiger partial charge in [0.1, 0.15) is 0 Å². The molecule has 0 saturated heterocycles. The van der Waals surface area contributed by atoms with Crippen molar-refractivity contribution in [1.29, 1.82) is 0 Å². The van der Waals surface area contributed by atoms with Gasteiger partial charge >= 0.3 is 0 Å². The molecule has 5 heteroatoms. The Balaban J connectivity index is 2.58. The van der Waals surface area contributed by atoms with E-state index in [9.17, 15) is 0 Å². The Bertz CT molecular complexity index is 369. The standard InChI is InChI=1S/C12H18ClN3O/c1-2-14-12(15-6-7-17)16-9-10-4-3-5-11(13)8-10/h3-5,8,17H,2,6-7,9H2,1H3,(H2,14,15,16). The molecule has 1 aromatic carbocycles. The summed E-state index contributed by atoms with van der Waals surface area (Å²) < 4.78 is 0. The van der Waals surface area contributed by atoms with Crippen molar-refractivity contribution in [3.05, 3.63) is 34.9 Å². The Labute approximate surface area is 107 Å². The minimum absolute atomic E-state index is 0.0849. The third-order valence-corrected chi connectivity index (χ3v) is 2.29. The van der Waals surface area contributed by atoms with Crippen molar-refractivity contribution >= 4 is 17.6 Å². The Morgan fingerprint density at radius 2 is 2.24 bits per heavy atom. The lowest BCUT2D eigenvalue weighted by Gasteiger charge is -2.09. The van der Waals surface area contributed by atoms with E-state index in [1.807, 2.05) is 31.2 Å². The quantitative estimate of drug-likeness (QED) is 0.551. The second-order valence-corrected chi connectivity index (χ2v) is 3.91. The molecule has 4 nitrogen and oxygen atoms in total. The molecule has 0 bridgehead atoms. The number of benzene rings is 1. The zero-order valence-corrected chi connectivity index (χ0v) is 10.7. The zero-order valence-electron chi connectivity index (χ0n) is 9.91. The highest BCUT2D eigenvalue weighted by Crippen LogP contribution is 2.11. The van der Waals surface area contributed by atoms with Gasteiger partial charge in [-0.3, -0.25) is 0 Å². The molecule has 0 aliphatic heterocycles. The van der Waals surface area contributed by atoms with Crippen LogP contribution in [0.2, 0.25) is 5.02 Å². The molecule has 0 fully saturated rings. The molecule has 94 valence electrons. The number of guanidine groups is 1. The molecule has 0 unspecified atom stereocenters. The molecular formula is C12H18ClN3O. The lowest BCUT2D eigenvalue weighted by atomic mass is 10.2. The van der Waals surface area contributed by atoms with E-state index in [2.05, 4.69) is 15.6 Å². The first-order valence-corrected chi connectivity index (χ1v) is 6.01. The maximum atomic E-state index is 8.74. The van der Waals surface area contributed by atoms with E-state index >= 15 is 0 Å². The summed E-state index contributed by atoms with van der Waals surface area (Å²) in [5.41, 5.74) is 1.05. The SMILES string of the molecule is CCNC(=NCc1cccc(Cl)c1)NCCO. The average molecular weight is 256 g/mol. The Morgan fingerprint density at radius 1 is 1.41 bits per heavy atom. The monoisotopic (exact) mass is 255 g/mol. The lowest BCUT2D eigenvalue weighted by molar-refractivity contribution is 0.300. The molecule has 0 atom stereocenters. The van der Waals surface area contributed by atoms with Gasteiger partial charge in [-0.2, -0.15) is 0 Å². The normalized spacial score (nSPS) is 11.4. The smallest absolute Gasteiger partial charge is 0.191 e. The van der Waals surface area contributed by atoms with Gasteiger partial charge in [0.2, 0.25) is 0 Å². The first-order chi connectivity index (χ1) is 8.26. The summed E-state index contributed by atoms with van der Waals surface area (Å²) in [7, 11) is 0. The Kier molecular flexibility index (Phi) is 6.43.